The minimum atomic E-state index is -0.120. The van der Waals surface area contributed by atoms with Crippen molar-refractivity contribution >= 4 is 57.9 Å². The van der Waals surface area contributed by atoms with Crippen molar-refractivity contribution in [3.8, 4) is 17.2 Å². The van der Waals surface area contributed by atoms with Crippen LogP contribution in [-0.2, 0) is 0 Å². The molecule has 0 saturated carbocycles. The molecule has 0 bridgehead atoms. The molecule has 0 radical (unpaired) electrons. The Kier molecular flexibility index (Phi) is 4.95. The average molecular weight is 397 g/mol. The lowest BCUT2D eigenvalue weighted by Crippen LogP contribution is -1.87. The molecule has 3 rings (SSSR count). The Morgan fingerprint density at radius 2 is 1.64 bits per heavy atom. The molecule has 25 heavy (non-hydrogen) atoms. The monoisotopic (exact) mass is 395 g/mol. The highest BCUT2D eigenvalue weighted by Crippen LogP contribution is 2.37. The largest absolute Gasteiger partial charge is 0.504 e. The molecule has 3 aromatic rings. The van der Waals surface area contributed by atoms with E-state index in [9.17, 15) is 10.2 Å². The molecule has 2 aromatic carbocycles. The van der Waals surface area contributed by atoms with Gasteiger partial charge in [0.25, 0.3) is 0 Å². The predicted molar refractivity (Wildman–Crippen MR) is 102 cm³/mol. The molecule has 0 saturated heterocycles. The van der Waals surface area contributed by atoms with Gasteiger partial charge in [-0.2, -0.15) is 0 Å². The fourth-order valence-corrected chi connectivity index (χ4v) is 3.07. The first kappa shape index (κ1) is 17.7. The maximum atomic E-state index is 10.1. The van der Waals surface area contributed by atoms with Crippen LogP contribution in [0.2, 0.25) is 15.1 Å². The molecule has 0 spiro atoms. The Morgan fingerprint density at radius 3 is 2.36 bits per heavy atom. The fraction of sp³-hybridized carbons (Fsp3) is 0.0556. The third kappa shape index (κ3) is 3.47. The number of ether oxygens (including phenoxy) is 1. The van der Waals surface area contributed by atoms with Crippen LogP contribution in [0, 0.1) is 0 Å². The second-order valence-corrected chi connectivity index (χ2v) is 6.43. The van der Waals surface area contributed by atoms with Crippen molar-refractivity contribution in [2.45, 2.75) is 0 Å². The van der Waals surface area contributed by atoms with E-state index in [1.807, 2.05) is 0 Å². The second kappa shape index (κ2) is 7.00. The first-order valence-electron chi connectivity index (χ1n) is 7.13. The molecule has 0 aliphatic rings. The van der Waals surface area contributed by atoms with Crippen LogP contribution in [0.15, 0.2) is 30.3 Å². The molecule has 128 valence electrons. The third-order valence-electron chi connectivity index (χ3n) is 3.60. The summed E-state index contributed by atoms with van der Waals surface area (Å²) >= 11 is 18.0. The smallest absolute Gasteiger partial charge is 0.176 e. The summed E-state index contributed by atoms with van der Waals surface area (Å²) in [6.45, 7) is 0. The number of rotatable bonds is 3. The van der Waals surface area contributed by atoms with Crippen molar-refractivity contribution in [1.29, 1.82) is 0 Å². The van der Waals surface area contributed by atoms with Crippen LogP contribution in [0.3, 0.4) is 0 Å². The van der Waals surface area contributed by atoms with Gasteiger partial charge in [-0.15, -0.1) is 0 Å². The predicted octanol–water partition coefficient (Wildman–Crippen LogP) is 5.79. The summed E-state index contributed by atoms with van der Waals surface area (Å²) in [6.07, 6.45) is 3.49. The number of pyridine rings is 1. The Morgan fingerprint density at radius 1 is 0.920 bits per heavy atom. The lowest BCUT2D eigenvalue weighted by Gasteiger charge is -2.07. The minimum absolute atomic E-state index is 0.112. The molecule has 0 unspecified atom stereocenters. The van der Waals surface area contributed by atoms with Gasteiger partial charge in [0.05, 0.1) is 27.9 Å². The van der Waals surface area contributed by atoms with Crippen LogP contribution >= 0.6 is 34.8 Å². The van der Waals surface area contributed by atoms with Gasteiger partial charge in [0.2, 0.25) is 0 Å². The number of nitrogens with zero attached hydrogens (tertiary/aromatic N) is 1. The van der Waals surface area contributed by atoms with Gasteiger partial charge in [-0.25, -0.2) is 4.98 Å². The topological polar surface area (TPSA) is 62.6 Å². The van der Waals surface area contributed by atoms with Crippen molar-refractivity contribution < 1.29 is 14.9 Å². The van der Waals surface area contributed by atoms with Crippen LogP contribution < -0.4 is 4.74 Å². The van der Waals surface area contributed by atoms with Crippen molar-refractivity contribution in [3.63, 3.8) is 0 Å². The molecule has 4 nitrogen and oxygen atoms in total. The third-order valence-corrected chi connectivity index (χ3v) is 4.48. The SMILES string of the molecule is COc1cc(/C=C/c2ccc3c(Cl)cc(Cl)c(O)c3n2)cc(Cl)c1O. The molecule has 1 aromatic heterocycles. The first-order chi connectivity index (χ1) is 11.9. The van der Waals surface area contributed by atoms with Gasteiger partial charge in [0.1, 0.15) is 5.52 Å². The number of hydrogen-bond acceptors (Lipinski definition) is 4. The van der Waals surface area contributed by atoms with E-state index >= 15 is 0 Å². The molecule has 1 heterocycles. The van der Waals surface area contributed by atoms with Gasteiger partial charge in [-0.05, 0) is 42.0 Å². The Hall–Kier alpha value is -2.14. The van der Waals surface area contributed by atoms with E-state index in [1.54, 1.807) is 36.4 Å². The van der Waals surface area contributed by atoms with Gasteiger partial charge in [0, 0.05) is 5.39 Å². The van der Waals surface area contributed by atoms with E-state index in [1.165, 1.54) is 13.2 Å². The van der Waals surface area contributed by atoms with Gasteiger partial charge < -0.3 is 14.9 Å². The van der Waals surface area contributed by atoms with Crippen molar-refractivity contribution in [2.24, 2.45) is 0 Å². The number of aromatic hydroxyl groups is 2. The van der Waals surface area contributed by atoms with E-state index in [0.717, 1.165) is 5.56 Å². The zero-order chi connectivity index (χ0) is 18.1. The number of benzene rings is 2. The highest BCUT2D eigenvalue weighted by atomic mass is 35.5. The summed E-state index contributed by atoms with van der Waals surface area (Å²) in [6, 6.07) is 8.23. The Bertz CT molecular complexity index is 1000. The molecular formula is C18H12Cl3NO3. The number of methoxy groups -OCH3 is 1. The first-order valence-corrected chi connectivity index (χ1v) is 8.26. The fourth-order valence-electron chi connectivity index (χ4n) is 2.34. The molecule has 0 aliphatic carbocycles. The summed E-state index contributed by atoms with van der Waals surface area (Å²) < 4.78 is 5.07. The molecule has 0 fully saturated rings. The summed E-state index contributed by atoms with van der Waals surface area (Å²) in [5.74, 6) is 0.0415. The summed E-state index contributed by atoms with van der Waals surface area (Å²) in [7, 11) is 1.44. The summed E-state index contributed by atoms with van der Waals surface area (Å²) in [5, 5.41) is 21.2. The standard InChI is InChI=1S/C18H12Cl3NO3/c1-25-15-7-9(6-13(20)17(15)23)2-3-10-4-5-11-12(19)8-14(21)18(24)16(11)22-10/h2-8,23-24H,1H3/b3-2+. The molecule has 0 amide bonds. The summed E-state index contributed by atoms with van der Waals surface area (Å²) in [5.41, 5.74) is 1.63. The Labute approximate surface area is 158 Å². The number of fused-ring (bicyclic) bond motifs is 1. The zero-order valence-corrected chi connectivity index (χ0v) is 15.2. The molecule has 0 atom stereocenters. The minimum Gasteiger partial charge on any atom is -0.504 e. The van der Waals surface area contributed by atoms with E-state index in [2.05, 4.69) is 4.98 Å². The molecule has 2 N–H and O–H groups in total. The van der Waals surface area contributed by atoms with E-state index < -0.39 is 0 Å². The number of aromatic nitrogens is 1. The van der Waals surface area contributed by atoms with Crippen molar-refractivity contribution in [1.82, 2.24) is 4.98 Å². The normalized spacial score (nSPS) is 11.4. The maximum Gasteiger partial charge on any atom is 0.176 e. The maximum absolute atomic E-state index is 10.1. The quantitative estimate of drug-likeness (QED) is 0.588. The Balaban J connectivity index is 2.02. The number of phenolic OH excluding ortho intramolecular Hbond substituents is 2. The van der Waals surface area contributed by atoms with Gasteiger partial charge >= 0.3 is 0 Å². The summed E-state index contributed by atoms with van der Waals surface area (Å²) in [4.78, 5) is 4.37. The lowest BCUT2D eigenvalue weighted by molar-refractivity contribution is 0.373. The van der Waals surface area contributed by atoms with Gasteiger partial charge in [-0.1, -0.05) is 40.9 Å². The average Bonchev–Trinajstić information content (AvgIpc) is 2.60. The van der Waals surface area contributed by atoms with Crippen LogP contribution in [0.1, 0.15) is 11.3 Å². The van der Waals surface area contributed by atoms with E-state index in [0.29, 0.717) is 21.6 Å². The van der Waals surface area contributed by atoms with E-state index in [-0.39, 0.29) is 27.3 Å². The number of phenols is 2. The van der Waals surface area contributed by atoms with Crippen LogP contribution in [0.5, 0.6) is 17.2 Å². The molecule has 7 heteroatoms. The highest BCUT2D eigenvalue weighted by Gasteiger charge is 2.11. The van der Waals surface area contributed by atoms with Crippen LogP contribution in [-0.4, -0.2) is 22.3 Å². The van der Waals surface area contributed by atoms with Crippen LogP contribution in [0.25, 0.3) is 23.1 Å². The second-order valence-electron chi connectivity index (χ2n) is 5.21. The van der Waals surface area contributed by atoms with Crippen molar-refractivity contribution in [2.75, 3.05) is 7.11 Å². The lowest BCUT2D eigenvalue weighted by atomic mass is 10.1. The number of hydrogen-bond donors (Lipinski definition) is 2. The molecule has 0 aliphatic heterocycles. The van der Waals surface area contributed by atoms with Crippen LogP contribution in [0.4, 0.5) is 0 Å². The number of halogens is 3. The molecular weight excluding hydrogens is 385 g/mol. The van der Waals surface area contributed by atoms with Crippen molar-refractivity contribution in [3.05, 3.63) is 56.7 Å². The van der Waals surface area contributed by atoms with Gasteiger partial charge in [0.15, 0.2) is 17.2 Å². The van der Waals surface area contributed by atoms with E-state index in [4.69, 9.17) is 39.5 Å². The van der Waals surface area contributed by atoms with Gasteiger partial charge in [-0.3, -0.25) is 0 Å². The highest BCUT2D eigenvalue weighted by molar-refractivity contribution is 6.39. The zero-order valence-electron chi connectivity index (χ0n) is 12.9.